The number of fused-ring (bicyclic) bond motifs is 1. The van der Waals surface area contributed by atoms with Gasteiger partial charge in [0.05, 0.1) is 34.4 Å². The zero-order valence-corrected chi connectivity index (χ0v) is 23.1. The van der Waals surface area contributed by atoms with Crippen molar-refractivity contribution < 1.29 is 22.7 Å². The first-order chi connectivity index (χ1) is 20.7. The highest BCUT2D eigenvalue weighted by molar-refractivity contribution is 6.30. The van der Waals surface area contributed by atoms with E-state index in [0.29, 0.717) is 53.2 Å². The molecule has 5 aromatic rings. The molecule has 220 valence electrons. The molecule has 0 spiro atoms. The summed E-state index contributed by atoms with van der Waals surface area (Å²) < 4.78 is 48.9. The number of benzene rings is 1. The average molecular weight is 610 g/mol. The summed E-state index contributed by atoms with van der Waals surface area (Å²) in [6.45, 7) is 1.94. The Balaban J connectivity index is 1.22. The molecule has 10 nitrogen and oxygen atoms in total. The number of pyridine rings is 2. The highest BCUT2D eigenvalue weighted by atomic mass is 35.5. The summed E-state index contributed by atoms with van der Waals surface area (Å²) in [7, 11) is 0. The van der Waals surface area contributed by atoms with Gasteiger partial charge in [0, 0.05) is 55.5 Å². The number of ether oxygens (including phenoxy) is 1. The number of H-pyrrole nitrogens is 1. The molecule has 5 heterocycles. The van der Waals surface area contributed by atoms with E-state index in [1.807, 2.05) is 11.2 Å². The van der Waals surface area contributed by atoms with Crippen LogP contribution in [0.4, 0.5) is 19.0 Å². The summed E-state index contributed by atoms with van der Waals surface area (Å²) in [5.74, 6) is 0.815. The molecule has 14 heteroatoms. The SMILES string of the molecule is O=C(c1cncc(OCc2c3ccccc3cn2-c2cn[nH]c(=O)c2C(F)(F)F)c1)N1CCN(c2ccc(Cl)cn2)CC1. The van der Waals surface area contributed by atoms with Gasteiger partial charge in [-0.15, -0.1) is 0 Å². The number of nitrogens with zero attached hydrogens (tertiary/aromatic N) is 6. The largest absolute Gasteiger partial charge is 0.486 e. The molecule has 0 radical (unpaired) electrons. The minimum absolute atomic E-state index is 0.177. The first-order valence-corrected chi connectivity index (χ1v) is 13.5. The van der Waals surface area contributed by atoms with Crippen molar-refractivity contribution in [3.8, 4) is 11.4 Å². The predicted molar refractivity (Wildman–Crippen MR) is 153 cm³/mol. The number of piperazine rings is 1. The lowest BCUT2D eigenvalue weighted by molar-refractivity contribution is -0.138. The molecule has 1 aliphatic rings. The van der Waals surface area contributed by atoms with E-state index in [9.17, 15) is 22.8 Å². The third-order valence-corrected chi connectivity index (χ3v) is 7.37. The van der Waals surface area contributed by atoms with Crippen molar-refractivity contribution in [1.82, 2.24) is 29.6 Å². The molecule has 0 aliphatic carbocycles. The number of halogens is 4. The lowest BCUT2D eigenvalue weighted by Crippen LogP contribution is -2.49. The molecule has 0 saturated carbocycles. The molecule has 1 N–H and O–H groups in total. The zero-order chi connectivity index (χ0) is 30.1. The van der Waals surface area contributed by atoms with E-state index < -0.39 is 23.0 Å². The second-order valence-corrected chi connectivity index (χ2v) is 10.2. The van der Waals surface area contributed by atoms with Gasteiger partial charge in [-0.25, -0.2) is 10.1 Å². The molecule has 4 aromatic heterocycles. The van der Waals surface area contributed by atoms with E-state index in [1.54, 1.807) is 47.5 Å². The number of aromatic nitrogens is 5. The minimum Gasteiger partial charge on any atom is -0.486 e. The fourth-order valence-corrected chi connectivity index (χ4v) is 5.18. The molecule has 0 atom stereocenters. The van der Waals surface area contributed by atoms with Crippen LogP contribution in [0.15, 0.2) is 78.2 Å². The van der Waals surface area contributed by atoms with Crippen LogP contribution in [0.2, 0.25) is 5.02 Å². The Labute approximate surface area is 247 Å². The second-order valence-electron chi connectivity index (χ2n) is 9.80. The van der Waals surface area contributed by atoms with Crippen molar-refractivity contribution in [3.05, 3.63) is 106 Å². The van der Waals surface area contributed by atoms with Crippen LogP contribution in [0.5, 0.6) is 5.75 Å². The van der Waals surface area contributed by atoms with Crippen LogP contribution in [0.1, 0.15) is 21.6 Å². The Morgan fingerprint density at radius 2 is 1.81 bits per heavy atom. The molecule has 6 rings (SSSR count). The van der Waals surface area contributed by atoms with Gasteiger partial charge in [0.2, 0.25) is 0 Å². The maximum absolute atomic E-state index is 13.9. The van der Waals surface area contributed by atoms with Crippen molar-refractivity contribution in [3.63, 3.8) is 0 Å². The normalized spacial score (nSPS) is 13.9. The van der Waals surface area contributed by atoms with Crippen molar-refractivity contribution >= 4 is 34.1 Å². The molecule has 0 bridgehead atoms. The van der Waals surface area contributed by atoms with Crippen LogP contribution >= 0.6 is 11.6 Å². The number of amides is 1. The van der Waals surface area contributed by atoms with Crippen LogP contribution in [-0.4, -0.2) is 61.7 Å². The van der Waals surface area contributed by atoms with Crippen molar-refractivity contribution in [1.29, 1.82) is 0 Å². The Morgan fingerprint density at radius 3 is 2.56 bits per heavy atom. The van der Waals surface area contributed by atoms with Gasteiger partial charge in [0.1, 0.15) is 23.7 Å². The Hall–Kier alpha value is -4.91. The highest BCUT2D eigenvalue weighted by Crippen LogP contribution is 2.34. The van der Waals surface area contributed by atoms with Crippen molar-refractivity contribution in [2.75, 3.05) is 31.1 Å². The number of carbonyl (C=O) groups excluding carboxylic acids is 1. The van der Waals surface area contributed by atoms with E-state index >= 15 is 0 Å². The molecular weight excluding hydrogens is 587 g/mol. The average Bonchev–Trinajstić information content (AvgIpc) is 3.38. The van der Waals surface area contributed by atoms with Crippen LogP contribution in [-0.2, 0) is 12.8 Å². The summed E-state index contributed by atoms with van der Waals surface area (Å²) in [5, 5.41) is 7.28. The third-order valence-electron chi connectivity index (χ3n) is 7.15. The molecular formula is C29H23ClF3N7O3. The van der Waals surface area contributed by atoms with Gasteiger partial charge in [-0.1, -0.05) is 35.9 Å². The summed E-state index contributed by atoms with van der Waals surface area (Å²) in [4.78, 5) is 37.7. The van der Waals surface area contributed by atoms with E-state index in [2.05, 4.69) is 20.0 Å². The highest BCUT2D eigenvalue weighted by Gasteiger charge is 2.38. The molecule has 1 saturated heterocycles. The van der Waals surface area contributed by atoms with Crippen LogP contribution < -0.4 is 15.2 Å². The Morgan fingerprint density at radius 1 is 1.02 bits per heavy atom. The molecule has 1 aromatic carbocycles. The second kappa shape index (κ2) is 11.4. The van der Waals surface area contributed by atoms with E-state index in [-0.39, 0.29) is 18.3 Å². The zero-order valence-electron chi connectivity index (χ0n) is 22.4. The quantitative estimate of drug-likeness (QED) is 0.297. The molecule has 0 unspecified atom stereocenters. The number of anilines is 1. The first-order valence-electron chi connectivity index (χ1n) is 13.2. The minimum atomic E-state index is -4.92. The Bertz CT molecular complexity index is 1850. The monoisotopic (exact) mass is 609 g/mol. The van der Waals surface area contributed by atoms with E-state index in [1.165, 1.54) is 23.2 Å². The van der Waals surface area contributed by atoms with Gasteiger partial charge >= 0.3 is 6.18 Å². The molecule has 1 aliphatic heterocycles. The fraction of sp³-hybridized carbons (Fsp3) is 0.207. The number of aromatic amines is 1. The van der Waals surface area contributed by atoms with Crippen LogP contribution in [0.25, 0.3) is 16.5 Å². The molecule has 1 amide bonds. The van der Waals surface area contributed by atoms with Gasteiger partial charge in [-0.3, -0.25) is 14.6 Å². The lowest BCUT2D eigenvalue weighted by Gasteiger charge is -2.35. The van der Waals surface area contributed by atoms with Crippen molar-refractivity contribution in [2.24, 2.45) is 0 Å². The van der Waals surface area contributed by atoms with Gasteiger partial charge in [0.25, 0.3) is 11.5 Å². The Kier molecular flexibility index (Phi) is 7.48. The maximum atomic E-state index is 13.9. The van der Waals surface area contributed by atoms with Crippen molar-refractivity contribution in [2.45, 2.75) is 12.8 Å². The third kappa shape index (κ3) is 5.75. The maximum Gasteiger partial charge on any atom is 0.423 e. The molecule has 1 fully saturated rings. The smallest absolute Gasteiger partial charge is 0.423 e. The van der Waals surface area contributed by atoms with Crippen LogP contribution in [0, 0.1) is 0 Å². The number of rotatable bonds is 6. The van der Waals surface area contributed by atoms with E-state index in [4.69, 9.17) is 16.3 Å². The van der Waals surface area contributed by atoms with E-state index in [0.717, 1.165) is 12.0 Å². The topological polar surface area (TPSA) is 109 Å². The summed E-state index contributed by atoms with van der Waals surface area (Å²) in [5.41, 5.74) is -2.48. The number of nitrogens with one attached hydrogen (secondary N) is 1. The summed E-state index contributed by atoms with van der Waals surface area (Å²) in [6.07, 6.45) is 1.98. The molecule has 43 heavy (non-hydrogen) atoms. The summed E-state index contributed by atoms with van der Waals surface area (Å²) in [6, 6.07) is 12.1. The fourth-order valence-electron chi connectivity index (χ4n) is 5.07. The lowest BCUT2D eigenvalue weighted by atomic mass is 10.2. The summed E-state index contributed by atoms with van der Waals surface area (Å²) >= 11 is 5.93. The number of hydrogen-bond donors (Lipinski definition) is 1. The van der Waals surface area contributed by atoms with Gasteiger partial charge in [0.15, 0.2) is 0 Å². The number of alkyl halides is 3. The standard InChI is InChI=1S/C29H23ClF3N7O3/c30-20-5-6-25(35-13-20)38-7-9-39(10-8-38)28(42)19-11-21(14-34-12-19)43-17-24-22-4-2-1-3-18(22)16-40(24)23-15-36-37-27(41)26(23)29(31,32)33/h1-6,11-16H,7-10,17H2,(H,37,41). The van der Waals surface area contributed by atoms with Gasteiger partial charge in [-0.05, 0) is 18.2 Å². The number of hydrogen-bond acceptors (Lipinski definition) is 7. The van der Waals surface area contributed by atoms with Gasteiger partial charge in [-0.2, -0.15) is 18.3 Å². The van der Waals surface area contributed by atoms with Crippen LogP contribution in [0.3, 0.4) is 0 Å². The number of carbonyl (C=O) groups is 1. The van der Waals surface area contributed by atoms with Gasteiger partial charge < -0.3 is 19.1 Å². The predicted octanol–water partition coefficient (Wildman–Crippen LogP) is 4.72. The first kappa shape index (κ1) is 28.2.